The molecule has 1 aliphatic heterocycles. The van der Waals surface area contributed by atoms with Gasteiger partial charge >= 0.3 is 0 Å². The molecule has 1 heterocycles. The van der Waals surface area contributed by atoms with Gasteiger partial charge in [0.2, 0.25) is 5.91 Å². The van der Waals surface area contributed by atoms with Crippen LogP contribution < -0.4 is 0 Å². The van der Waals surface area contributed by atoms with Crippen LogP contribution in [0.5, 0.6) is 0 Å². The number of carbonyl (C=O) groups excluding carboxylic acids is 1. The van der Waals surface area contributed by atoms with Crippen molar-refractivity contribution < 1.29 is 4.79 Å². The highest BCUT2D eigenvalue weighted by atomic mass is 79.9. The van der Waals surface area contributed by atoms with Crippen molar-refractivity contribution >= 4 is 45.0 Å². The Morgan fingerprint density at radius 2 is 1.84 bits per heavy atom. The third kappa shape index (κ3) is 3.87. The lowest BCUT2D eigenvalue weighted by molar-refractivity contribution is -0.130. The van der Waals surface area contributed by atoms with Crippen LogP contribution in [0.25, 0.3) is 0 Å². The molecule has 19 heavy (non-hydrogen) atoms. The molecule has 1 atom stereocenters. The van der Waals surface area contributed by atoms with E-state index in [2.05, 4.69) is 15.9 Å². The van der Waals surface area contributed by atoms with Crippen molar-refractivity contribution in [3.63, 3.8) is 0 Å². The molecule has 2 rings (SSSR count). The van der Waals surface area contributed by atoms with E-state index in [9.17, 15) is 4.79 Å². The van der Waals surface area contributed by atoms with Crippen LogP contribution in [-0.4, -0.2) is 23.9 Å². The number of carbonyl (C=O) groups is 1. The van der Waals surface area contributed by atoms with Crippen LogP contribution in [0, 0.1) is 0 Å². The van der Waals surface area contributed by atoms with Crippen LogP contribution in [0.4, 0.5) is 0 Å². The van der Waals surface area contributed by atoms with Crippen LogP contribution in [-0.2, 0) is 4.79 Å². The lowest BCUT2D eigenvalue weighted by Crippen LogP contribution is -2.34. The maximum atomic E-state index is 12.4. The molecule has 1 amide bonds. The van der Waals surface area contributed by atoms with E-state index >= 15 is 0 Å². The summed E-state index contributed by atoms with van der Waals surface area (Å²) in [6.45, 7) is 1.62. The molecule has 1 fully saturated rings. The molecule has 5 heteroatoms. The van der Waals surface area contributed by atoms with Crippen molar-refractivity contribution in [3.8, 4) is 0 Å². The van der Waals surface area contributed by atoms with Crippen molar-refractivity contribution in [2.24, 2.45) is 0 Å². The molecule has 0 bridgehead atoms. The van der Waals surface area contributed by atoms with E-state index in [4.69, 9.17) is 23.2 Å². The average molecular weight is 365 g/mol. The molecular weight excluding hydrogens is 349 g/mol. The summed E-state index contributed by atoms with van der Waals surface area (Å²) in [5, 5.41) is -0.0736. The topological polar surface area (TPSA) is 20.3 Å². The summed E-state index contributed by atoms with van der Waals surface area (Å²) in [7, 11) is 0. The zero-order chi connectivity index (χ0) is 13.8. The highest BCUT2D eigenvalue weighted by molar-refractivity contribution is 9.10. The summed E-state index contributed by atoms with van der Waals surface area (Å²) < 4.78 is 0.809. The number of benzene rings is 1. The van der Waals surface area contributed by atoms with Gasteiger partial charge in [0.25, 0.3) is 0 Å². The Balaban J connectivity index is 2.10. The molecule has 1 aliphatic rings. The second-order valence-corrected chi connectivity index (χ2v) is 6.47. The Hall–Kier alpha value is -0.250. The van der Waals surface area contributed by atoms with Crippen LogP contribution in [0.15, 0.2) is 22.7 Å². The van der Waals surface area contributed by atoms with Gasteiger partial charge in [-0.25, -0.2) is 0 Å². The zero-order valence-corrected chi connectivity index (χ0v) is 13.6. The maximum absolute atomic E-state index is 12.4. The van der Waals surface area contributed by atoms with Gasteiger partial charge in [-0.05, 0) is 46.5 Å². The van der Waals surface area contributed by atoms with Gasteiger partial charge in [-0.3, -0.25) is 4.79 Å². The maximum Gasteiger partial charge on any atom is 0.245 e. The summed E-state index contributed by atoms with van der Waals surface area (Å²) in [5.41, 5.74) is 0.754. The fourth-order valence-electron chi connectivity index (χ4n) is 2.26. The molecule has 0 aliphatic carbocycles. The van der Waals surface area contributed by atoms with E-state index in [1.165, 1.54) is 12.8 Å². The number of nitrogens with zero attached hydrogens (tertiary/aromatic N) is 1. The average Bonchev–Trinajstić information content (AvgIpc) is 2.69. The van der Waals surface area contributed by atoms with Crippen LogP contribution in [0.1, 0.15) is 36.6 Å². The minimum atomic E-state index is -0.649. The summed E-state index contributed by atoms with van der Waals surface area (Å²) in [4.78, 5) is 14.3. The number of hydrogen-bond donors (Lipinski definition) is 0. The quantitative estimate of drug-likeness (QED) is 0.691. The molecule has 1 aromatic rings. The first-order valence-electron chi connectivity index (χ1n) is 6.47. The van der Waals surface area contributed by atoms with Gasteiger partial charge in [-0.15, -0.1) is 11.6 Å². The first-order chi connectivity index (χ1) is 9.09. The highest BCUT2D eigenvalue weighted by Crippen LogP contribution is 2.30. The van der Waals surface area contributed by atoms with Gasteiger partial charge in [-0.1, -0.05) is 30.5 Å². The minimum absolute atomic E-state index is 0.0121. The third-order valence-corrected chi connectivity index (χ3v) is 5.04. The summed E-state index contributed by atoms with van der Waals surface area (Å²) in [6, 6.07) is 5.41. The largest absolute Gasteiger partial charge is 0.341 e. The summed E-state index contributed by atoms with van der Waals surface area (Å²) >= 11 is 15.7. The van der Waals surface area contributed by atoms with Gasteiger partial charge in [0.1, 0.15) is 5.38 Å². The summed E-state index contributed by atoms with van der Waals surface area (Å²) in [5.74, 6) is -0.0121. The number of rotatable bonds is 2. The first kappa shape index (κ1) is 15.1. The number of alkyl halides is 1. The molecule has 0 N–H and O–H groups in total. The molecule has 0 spiro atoms. The fraction of sp³-hybridized carbons (Fsp3) is 0.500. The van der Waals surface area contributed by atoms with Gasteiger partial charge in [-0.2, -0.15) is 0 Å². The van der Waals surface area contributed by atoms with Gasteiger partial charge in [0.15, 0.2) is 0 Å². The Morgan fingerprint density at radius 1 is 1.21 bits per heavy atom. The normalized spacial score (nSPS) is 17.9. The van der Waals surface area contributed by atoms with Crippen LogP contribution >= 0.6 is 39.1 Å². The van der Waals surface area contributed by atoms with E-state index in [-0.39, 0.29) is 5.91 Å². The molecule has 1 aromatic carbocycles. The zero-order valence-electron chi connectivity index (χ0n) is 10.5. The molecule has 1 unspecified atom stereocenters. The standard InChI is InChI=1S/C14H16BrCl2NO/c15-11-6-5-10(9-12(11)16)13(17)14(19)18-7-3-1-2-4-8-18/h5-6,9,13H,1-4,7-8H2. The van der Waals surface area contributed by atoms with E-state index in [1.54, 1.807) is 6.07 Å². The van der Waals surface area contributed by atoms with E-state index in [0.29, 0.717) is 5.02 Å². The van der Waals surface area contributed by atoms with E-state index < -0.39 is 5.38 Å². The van der Waals surface area contributed by atoms with Crippen molar-refractivity contribution in [2.45, 2.75) is 31.1 Å². The molecular formula is C14H16BrCl2NO. The SMILES string of the molecule is O=C(C(Cl)c1ccc(Br)c(Cl)c1)N1CCCCCC1. The smallest absolute Gasteiger partial charge is 0.245 e. The van der Waals surface area contributed by atoms with Gasteiger partial charge in [0.05, 0.1) is 5.02 Å². The Morgan fingerprint density at radius 3 is 2.42 bits per heavy atom. The van der Waals surface area contributed by atoms with Crippen molar-refractivity contribution in [3.05, 3.63) is 33.3 Å². The van der Waals surface area contributed by atoms with Gasteiger partial charge in [0, 0.05) is 17.6 Å². The third-order valence-electron chi connectivity index (χ3n) is 3.37. The molecule has 0 saturated carbocycles. The molecule has 104 valence electrons. The molecule has 0 radical (unpaired) electrons. The number of halogens is 3. The number of amides is 1. The van der Waals surface area contributed by atoms with Crippen LogP contribution in [0.2, 0.25) is 5.02 Å². The van der Waals surface area contributed by atoms with Gasteiger partial charge < -0.3 is 4.90 Å². The van der Waals surface area contributed by atoms with Crippen molar-refractivity contribution in [1.82, 2.24) is 4.90 Å². The monoisotopic (exact) mass is 363 g/mol. The van der Waals surface area contributed by atoms with Crippen molar-refractivity contribution in [2.75, 3.05) is 13.1 Å². The second kappa shape index (κ2) is 6.96. The Bertz CT molecular complexity index is 459. The fourth-order valence-corrected chi connectivity index (χ4v) is 2.97. The predicted molar refractivity (Wildman–Crippen MR) is 82.8 cm³/mol. The van der Waals surface area contributed by atoms with Crippen LogP contribution in [0.3, 0.4) is 0 Å². The first-order valence-corrected chi connectivity index (χ1v) is 8.08. The Labute approximate surface area is 132 Å². The Kier molecular flexibility index (Phi) is 5.55. The lowest BCUT2D eigenvalue weighted by Gasteiger charge is -2.23. The van der Waals surface area contributed by atoms with E-state index in [1.807, 2.05) is 17.0 Å². The number of hydrogen-bond acceptors (Lipinski definition) is 1. The molecule has 2 nitrogen and oxygen atoms in total. The predicted octanol–water partition coefficient (Wildman–Crippen LogP) is 4.79. The minimum Gasteiger partial charge on any atom is -0.341 e. The van der Waals surface area contributed by atoms with E-state index in [0.717, 1.165) is 36.0 Å². The highest BCUT2D eigenvalue weighted by Gasteiger charge is 2.24. The molecule has 0 aromatic heterocycles. The lowest BCUT2D eigenvalue weighted by atomic mass is 10.1. The van der Waals surface area contributed by atoms with Crippen molar-refractivity contribution in [1.29, 1.82) is 0 Å². The second-order valence-electron chi connectivity index (χ2n) is 4.78. The summed E-state index contributed by atoms with van der Waals surface area (Å²) in [6.07, 6.45) is 4.52. The number of likely N-dealkylation sites (tertiary alicyclic amines) is 1. The molecule has 1 saturated heterocycles.